The van der Waals surface area contributed by atoms with Gasteiger partial charge in [0.05, 0.1) is 6.04 Å². The van der Waals surface area contributed by atoms with Crippen LogP contribution in [0.4, 0.5) is 0 Å². The van der Waals surface area contributed by atoms with Gasteiger partial charge < -0.3 is 15.5 Å². The summed E-state index contributed by atoms with van der Waals surface area (Å²) in [5, 5.41) is 6.89. The van der Waals surface area contributed by atoms with E-state index in [0.29, 0.717) is 0 Å². The van der Waals surface area contributed by atoms with Crippen LogP contribution in [0.3, 0.4) is 0 Å². The average molecular weight is 444 g/mol. The van der Waals surface area contributed by atoms with E-state index in [1.807, 2.05) is 13.1 Å². The normalized spacial score (nSPS) is 20.1. The molecule has 24 heavy (non-hydrogen) atoms. The molecule has 2 N–H and O–H groups in total. The van der Waals surface area contributed by atoms with E-state index in [-0.39, 0.29) is 30.0 Å². The first kappa shape index (κ1) is 21.2. The Labute approximate surface area is 164 Å². The third-order valence-electron chi connectivity index (χ3n) is 4.73. The Kier molecular flexibility index (Phi) is 10.3. The predicted octanol–water partition coefficient (Wildman–Crippen LogP) is 3.80. The molecule has 2 unspecified atom stereocenters. The van der Waals surface area contributed by atoms with Crippen LogP contribution in [0.15, 0.2) is 35.3 Å². The first-order valence-electron chi connectivity index (χ1n) is 8.97. The van der Waals surface area contributed by atoms with Gasteiger partial charge in [-0.05, 0) is 45.2 Å². The van der Waals surface area contributed by atoms with E-state index in [1.54, 1.807) is 0 Å². The molecule has 1 fully saturated rings. The standard InChI is InChI=1S/C19H32N4.HI/c1-16-10-7-8-14-23(16)15-9-13-21-19(20-3)22-17(2)18-11-5-4-6-12-18;/h4-6,11-12,16-17H,7-10,13-15H2,1-3H3,(H2,20,21,22);1H. The average Bonchev–Trinajstić information content (AvgIpc) is 2.59. The fourth-order valence-corrected chi connectivity index (χ4v) is 3.20. The topological polar surface area (TPSA) is 39.7 Å². The molecule has 2 rings (SSSR count). The highest BCUT2D eigenvalue weighted by atomic mass is 127. The number of halogens is 1. The van der Waals surface area contributed by atoms with Crippen LogP contribution in [-0.4, -0.2) is 43.6 Å². The first-order chi connectivity index (χ1) is 11.2. The van der Waals surface area contributed by atoms with Crippen LogP contribution in [0.5, 0.6) is 0 Å². The van der Waals surface area contributed by atoms with Crippen LogP contribution >= 0.6 is 24.0 Å². The van der Waals surface area contributed by atoms with Crippen LogP contribution in [0.25, 0.3) is 0 Å². The van der Waals surface area contributed by atoms with Crippen molar-refractivity contribution in [2.75, 3.05) is 26.7 Å². The van der Waals surface area contributed by atoms with Gasteiger partial charge in [-0.1, -0.05) is 36.8 Å². The number of guanidine groups is 1. The van der Waals surface area contributed by atoms with E-state index in [9.17, 15) is 0 Å². The largest absolute Gasteiger partial charge is 0.356 e. The summed E-state index contributed by atoms with van der Waals surface area (Å²) in [4.78, 5) is 6.95. The number of aliphatic imine (C=N–C) groups is 1. The molecular weight excluding hydrogens is 411 g/mol. The Hall–Kier alpha value is -0.820. The summed E-state index contributed by atoms with van der Waals surface area (Å²) in [7, 11) is 1.83. The van der Waals surface area contributed by atoms with Crippen molar-refractivity contribution in [2.45, 2.75) is 51.6 Å². The van der Waals surface area contributed by atoms with Crippen LogP contribution in [0.1, 0.15) is 51.1 Å². The molecule has 0 radical (unpaired) electrons. The number of likely N-dealkylation sites (tertiary alicyclic amines) is 1. The smallest absolute Gasteiger partial charge is 0.191 e. The molecule has 1 heterocycles. The van der Waals surface area contributed by atoms with Crippen molar-refractivity contribution >= 4 is 29.9 Å². The molecule has 5 heteroatoms. The molecule has 0 saturated carbocycles. The maximum atomic E-state index is 4.33. The molecule has 1 aromatic rings. The van der Waals surface area contributed by atoms with Gasteiger partial charge in [0.2, 0.25) is 0 Å². The van der Waals surface area contributed by atoms with Gasteiger partial charge >= 0.3 is 0 Å². The molecule has 0 bridgehead atoms. The van der Waals surface area contributed by atoms with Gasteiger partial charge in [0.15, 0.2) is 5.96 Å². The molecule has 4 nitrogen and oxygen atoms in total. The van der Waals surface area contributed by atoms with E-state index in [4.69, 9.17) is 0 Å². The Balaban J connectivity index is 0.00000288. The molecule has 1 aliphatic rings. The van der Waals surface area contributed by atoms with Gasteiger partial charge in [-0.25, -0.2) is 0 Å². The number of rotatable bonds is 6. The molecule has 1 saturated heterocycles. The van der Waals surface area contributed by atoms with Crippen LogP contribution in [-0.2, 0) is 0 Å². The number of hydrogen-bond acceptors (Lipinski definition) is 2. The summed E-state index contributed by atoms with van der Waals surface area (Å²) in [6.45, 7) is 7.93. The molecule has 136 valence electrons. The minimum absolute atomic E-state index is 0. The second kappa shape index (κ2) is 11.7. The van der Waals surface area contributed by atoms with Crippen LogP contribution in [0.2, 0.25) is 0 Å². The third-order valence-corrected chi connectivity index (χ3v) is 4.73. The zero-order chi connectivity index (χ0) is 16.5. The monoisotopic (exact) mass is 444 g/mol. The number of nitrogens with one attached hydrogen (secondary N) is 2. The lowest BCUT2D eigenvalue weighted by Gasteiger charge is -2.33. The van der Waals surface area contributed by atoms with Gasteiger partial charge in [-0.2, -0.15) is 0 Å². The number of nitrogens with zero attached hydrogens (tertiary/aromatic N) is 2. The molecular formula is C19H33IN4. The maximum Gasteiger partial charge on any atom is 0.191 e. The third kappa shape index (κ3) is 6.97. The van der Waals surface area contributed by atoms with E-state index < -0.39 is 0 Å². The minimum atomic E-state index is 0. The van der Waals surface area contributed by atoms with Crippen molar-refractivity contribution in [3.63, 3.8) is 0 Å². The lowest BCUT2D eigenvalue weighted by molar-refractivity contribution is 0.159. The molecule has 2 atom stereocenters. The zero-order valence-corrected chi connectivity index (χ0v) is 17.6. The van der Waals surface area contributed by atoms with Crippen molar-refractivity contribution in [1.29, 1.82) is 0 Å². The van der Waals surface area contributed by atoms with E-state index >= 15 is 0 Å². The molecule has 0 spiro atoms. The molecule has 0 aromatic heterocycles. The highest BCUT2D eigenvalue weighted by molar-refractivity contribution is 14.0. The van der Waals surface area contributed by atoms with Crippen molar-refractivity contribution < 1.29 is 0 Å². The highest BCUT2D eigenvalue weighted by Gasteiger charge is 2.17. The van der Waals surface area contributed by atoms with E-state index in [2.05, 4.69) is 58.6 Å². The number of hydrogen-bond donors (Lipinski definition) is 2. The summed E-state index contributed by atoms with van der Waals surface area (Å²) in [5.74, 6) is 0.882. The van der Waals surface area contributed by atoms with Gasteiger partial charge in [0.25, 0.3) is 0 Å². The molecule has 0 aliphatic carbocycles. The minimum Gasteiger partial charge on any atom is -0.356 e. The number of benzene rings is 1. The second-order valence-electron chi connectivity index (χ2n) is 6.51. The summed E-state index contributed by atoms with van der Waals surface area (Å²) in [6.07, 6.45) is 5.26. The summed E-state index contributed by atoms with van der Waals surface area (Å²) in [5.41, 5.74) is 1.28. The Morgan fingerprint density at radius 1 is 1.29 bits per heavy atom. The SMILES string of the molecule is CN=C(NCCCN1CCCCC1C)NC(C)c1ccccc1.I. The van der Waals surface area contributed by atoms with E-state index in [1.165, 1.54) is 37.9 Å². The fraction of sp³-hybridized carbons (Fsp3) is 0.632. The maximum absolute atomic E-state index is 4.33. The lowest BCUT2D eigenvalue weighted by atomic mass is 10.0. The lowest BCUT2D eigenvalue weighted by Crippen LogP contribution is -2.41. The highest BCUT2D eigenvalue weighted by Crippen LogP contribution is 2.16. The summed E-state index contributed by atoms with van der Waals surface area (Å²) in [6, 6.07) is 11.5. The Bertz CT molecular complexity index is 478. The molecule has 0 amide bonds. The van der Waals surface area contributed by atoms with Crippen LogP contribution < -0.4 is 10.6 Å². The van der Waals surface area contributed by atoms with Crippen molar-refractivity contribution in [2.24, 2.45) is 4.99 Å². The Morgan fingerprint density at radius 3 is 2.71 bits per heavy atom. The van der Waals surface area contributed by atoms with Gasteiger partial charge in [-0.3, -0.25) is 4.99 Å². The van der Waals surface area contributed by atoms with Crippen LogP contribution in [0, 0.1) is 0 Å². The summed E-state index contributed by atoms with van der Waals surface area (Å²) < 4.78 is 0. The van der Waals surface area contributed by atoms with Crippen molar-refractivity contribution in [3.8, 4) is 0 Å². The summed E-state index contributed by atoms with van der Waals surface area (Å²) >= 11 is 0. The quantitative estimate of drug-likeness (QED) is 0.304. The first-order valence-corrected chi connectivity index (χ1v) is 8.97. The molecule has 1 aliphatic heterocycles. The predicted molar refractivity (Wildman–Crippen MR) is 114 cm³/mol. The number of piperidine rings is 1. The zero-order valence-electron chi connectivity index (χ0n) is 15.3. The second-order valence-corrected chi connectivity index (χ2v) is 6.51. The Morgan fingerprint density at radius 2 is 2.04 bits per heavy atom. The van der Waals surface area contributed by atoms with E-state index in [0.717, 1.165) is 25.0 Å². The van der Waals surface area contributed by atoms with Gasteiger partial charge in [0, 0.05) is 26.2 Å². The van der Waals surface area contributed by atoms with Gasteiger partial charge in [0.1, 0.15) is 0 Å². The van der Waals surface area contributed by atoms with Crippen molar-refractivity contribution in [3.05, 3.63) is 35.9 Å². The molecule has 1 aromatic carbocycles. The van der Waals surface area contributed by atoms with Crippen molar-refractivity contribution in [1.82, 2.24) is 15.5 Å². The van der Waals surface area contributed by atoms with Gasteiger partial charge in [-0.15, -0.1) is 24.0 Å². The fourth-order valence-electron chi connectivity index (χ4n) is 3.20.